The topological polar surface area (TPSA) is 97.1 Å². The molecule has 0 amide bonds. The van der Waals surface area contributed by atoms with Crippen molar-refractivity contribution in [3.63, 3.8) is 0 Å². The van der Waals surface area contributed by atoms with Crippen LogP contribution in [0.4, 0.5) is 0 Å². The number of carbonyl (C=O) groups is 1. The highest BCUT2D eigenvalue weighted by molar-refractivity contribution is 9.11. The van der Waals surface area contributed by atoms with Crippen molar-refractivity contribution in [2.75, 3.05) is 19.8 Å². The van der Waals surface area contributed by atoms with E-state index in [1.165, 1.54) is 0 Å². The van der Waals surface area contributed by atoms with Gasteiger partial charge in [-0.15, -0.1) is 0 Å². The summed E-state index contributed by atoms with van der Waals surface area (Å²) in [7, 11) is -3.80. The van der Waals surface area contributed by atoms with E-state index in [2.05, 4.69) is 31.9 Å². The Hall–Kier alpha value is -0.860. The van der Waals surface area contributed by atoms with Crippen LogP contribution < -0.4 is 10.5 Å². The van der Waals surface area contributed by atoms with Crippen LogP contribution in [0.25, 0.3) is 0 Å². The zero-order valence-electron chi connectivity index (χ0n) is 14.6. The summed E-state index contributed by atoms with van der Waals surface area (Å²) in [6.45, 7) is 5.45. The zero-order chi connectivity index (χ0) is 19.5. The Morgan fingerprint density at radius 2 is 1.81 bits per heavy atom. The number of ether oxygens (including phenoxy) is 2. The Morgan fingerprint density at radius 1 is 1.19 bits per heavy atom. The van der Waals surface area contributed by atoms with Gasteiger partial charge in [-0.3, -0.25) is 4.57 Å². The van der Waals surface area contributed by atoms with E-state index in [4.69, 9.17) is 24.3 Å². The molecule has 1 unspecified atom stereocenters. The van der Waals surface area contributed by atoms with Crippen molar-refractivity contribution in [2.24, 2.45) is 5.73 Å². The van der Waals surface area contributed by atoms with E-state index >= 15 is 0 Å². The first-order valence-corrected chi connectivity index (χ1v) is 11.2. The van der Waals surface area contributed by atoms with Crippen LogP contribution in [-0.4, -0.2) is 25.8 Å². The van der Waals surface area contributed by atoms with Gasteiger partial charge in [0.2, 0.25) is 5.88 Å². The average Bonchev–Trinajstić information content (AvgIpc) is 2.55. The van der Waals surface area contributed by atoms with Gasteiger partial charge >= 0.3 is 13.6 Å². The van der Waals surface area contributed by atoms with Crippen molar-refractivity contribution in [1.82, 2.24) is 0 Å². The molecule has 26 heavy (non-hydrogen) atoms. The summed E-state index contributed by atoms with van der Waals surface area (Å²) in [5, 5.41) is 0. The molecule has 0 radical (unpaired) electrons. The number of halogens is 2. The van der Waals surface area contributed by atoms with Gasteiger partial charge in [-0.25, -0.2) is 4.79 Å². The van der Waals surface area contributed by atoms with E-state index in [1.54, 1.807) is 32.9 Å². The molecule has 1 aromatic rings. The molecule has 0 aliphatic carbocycles. The molecular weight excluding hydrogens is 493 g/mol. The summed E-state index contributed by atoms with van der Waals surface area (Å²) in [5.41, 5.74) is 5.31. The Morgan fingerprint density at radius 3 is 2.35 bits per heavy atom. The highest BCUT2D eigenvalue weighted by atomic mass is 79.9. The lowest BCUT2D eigenvalue weighted by Crippen LogP contribution is -2.28. The number of rotatable bonds is 7. The first kappa shape index (κ1) is 21.4. The molecule has 0 spiro atoms. The second-order valence-electron chi connectivity index (χ2n) is 5.18. The highest BCUT2D eigenvalue weighted by Crippen LogP contribution is 2.67. The van der Waals surface area contributed by atoms with Crippen molar-refractivity contribution in [2.45, 2.75) is 26.4 Å². The van der Waals surface area contributed by atoms with Gasteiger partial charge in [0.25, 0.3) is 0 Å². The van der Waals surface area contributed by atoms with E-state index in [9.17, 15) is 9.36 Å². The molecule has 7 nitrogen and oxygen atoms in total. The first-order valence-electron chi connectivity index (χ1n) is 8.01. The van der Waals surface area contributed by atoms with Gasteiger partial charge < -0.3 is 24.3 Å². The summed E-state index contributed by atoms with van der Waals surface area (Å²) in [4.78, 5) is 12.6. The molecule has 2 N–H and O–H groups in total. The molecule has 1 heterocycles. The van der Waals surface area contributed by atoms with Crippen molar-refractivity contribution in [1.29, 1.82) is 0 Å². The maximum absolute atomic E-state index is 13.6. The van der Waals surface area contributed by atoms with Crippen LogP contribution in [0.1, 0.15) is 32.0 Å². The third-order valence-corrected chi connectivity index (χ3v) is 6.96. The van der Waals surface area contributed by atoms with Crippen LogP contribution in [0.2, 0.25) is 0 Å². The average molecular weight is 513 g/mol. The number of benzene rings is 1. The van der Waals surface area contributed by atoms with E-state index in [0.29, 0.717) is 20.3 Å². The maximum atomic E-state index is 13.6. The largest absolute Gasteiger partial charge is 0.462 e. The standard InChI is InChI=1S/C16H20Br2NO6P/c1-4-22-16(20)12-14(26(21,23-5-2)24-6-3)10-7-9(17)8-11(18)13(10)25-15(12)19/h7-8,14H,4-6,19H2,1-3H3. The van der Waals surface area contributed by atoms with Crippen molar-refractivity contribution in [3.05, 3.63) is 38.1 Å². The van der Waals surface area contributed by atoms with Crippen LogP contribution in [0, 0.1) is 0 Å². The van der Waals surface area contributed by atoms with Crippen molar-refractivity contribution >= 4 is 45.4 Å². The maximum Gasteiger partial charge on any atom is 0.343 e. The summed E-state index contributed by atoms with van der Waals surface area (Å²) >= 11 is 6.80. The van der Waals surface area contributed by atoms with Crippen LogP contribution in [0.15, 0.2) is 32.5 Å². The minimum Gasteiger partial charge on any atom is -0.462 e. The molecule has 0 fully saturated rings. The number of nitrogens with two attached hydrogens (primary N) is 1. The third kappa shape index (κ3) is 4.17. The van der Waals surface area contributed by atoms with E-state index < -0.39 is 19.2 Å². The molecule has 1 aliphatic heterocycles. The van der Waals surface area contributed by atoms with Crippen LogP contribution in [0.5, 0.6) is 5.75 Å². The van der Waals surface area contributed by atoms with Gasteiger partial charge in [-0.1, -0.05) is 15.9 Å². The van der Waals surface area contributed by atoms with E-state index in [0.717, 1.165) is 0 Å². The SMILES string of the molecule is CCOC(=O)C1=C(N)Oc2c(Br)cc(Br)cc2C1P(=O)(OCC)OCC. The van der Waals surface area contributed by atoms with Gasteiger partial charge in [0, 0.05) is 10.0 Å². The van der Waals surface area contributed by atoms with Gasteiger partial charge in [0.15, 0.2) is 0 Å². The number of hydrogen-bond donors (Lipinski definition) is 1. The molecular formula is C16H20Br2NO6P. The Bertz CT molecular complexity index is 772. The normalized spacial score (nSPS) is 16.9. The lowest BCUT2D eigenvalue weighted by Gasteiger charge is -2.32. The summed E-state index contributed by atoms with van der Waals surface area (Å²) in [6, 6.07) is 3.45. The van der Waals surface area contributed by atoms with Gasteiger partial charge in [0.1, 0.15) is 17.0 Å². The number of fused-ring (bicyclic) bond motifs is 1. The summed E-state index contributed by atoms with van der Waals surface area (Å²) in [6.07, 6.45) is 0. The first-order chi connectivity index (χ1) is 12.3. The van der Waals surface area contributed by atoms with Gasteiger partial charge in [-0.05, 0) is 48.8 Å². The third-order valence-electron chi connectivity index (χ3n) is 3.51. The Balaban J connectivity index is 2.75. The predicted molar refractivity (Wildman–Crippen MR) is 104 cm³/mol. The van der Waals surface area contributed by atoms with Crippen LogP contribution >= 0.6 is 39.5 Å². The minimum absolute atomic E-state index is 0.0745. The molecule has 0 saturated carbocycles. The quantitative estimate of drug-likeness (QED) is 0.419. The molecule has 1 atom stereocenters. The Kier molecular flexibility index (Phi) is 7.33. The van der Waals surface area contributed by atoms with Gasteiger partial charge in [0.05, 0.1) is 24.3 Å². The molecule has 0 saturated heterocycles. The van der Waals surface area contributed by atoms with Crippen LogP contribution in [-0.2, 0) is 23.1 Å². The highest BCUT2D eigenvalue weighted by Gasteiger charge is 2.48. The summed E-state index contributed by atoms with van der Waals surface area (Å²) in [5.74, 6) is -0.566. The summed E-state index contributed by atoms with van der Waals surface area (Å²) < 4.78 is 36.6. The molecule has 10 heteroatoms. The van der Waals surface area contributed by atoms with Crippen LogP contribution in [0.3, 0.4) is 0 Å². The van der Waals surface area contributed by atoms with E-state index in [-0.39, 0.29) is 31.3 Å². The zero-order valence-corrected chi connectivity index (χ0v) is 18.6. The fraction of sp³-hybridized carbons (Fsp3) is 0.438. The number of carbonyl (C=O) groups excluding carboxylic acids is 1. The lowest BCUT2D eigenvalue weighted by molar-refractivity contribution is -0.139. The smallest absolute Gasteiger partial charge is 0.343 e. The van der Waals surface area contributed by atoms with Gasteiger partial charge in [-0.2, -0.15) is 0 Å². The lowest BCUT2D eigenvalue weighted by atomic mass is 10.0. The molecule has 0 aromatic heterocycles. The monoisotopic (exact) mass is 511 g/mol. The number of hydrogen-bond acceptors (Lipinski definition) is 7. The second-order valence-corrected chi connectivity index (χ2v) is 9.07. The molecule has 2 rings (SSSR count). The second kappa shape index (κ2) is 8.89. The molecule has 0 bridgehead atoms. The molecule has 144 valence electrons. The fourth-order valence-electron chi connectivity index (χ4n) is 2.64. The van der Waals surface area contributed by atoms with Crippen molar-refractivity contribution < 1.29 is 27.9 Å². The molecule has 1 aliphatic rings. The van der Waals surface area contributed by atoms with Crippen molar-refractivity contribution in [3.8, 4) is 5.75 Å². The van der Waals surface area contributed by atoms with E-state index in [1.807, 2.05) is 0 Å². The Labute approximate surface area is 169 Å². The number of esters is 1. The fourth-order valence-corrected chi connectivity index (χ4v) is 6.16. The predicted octanol–water partition coefficient (Wildman–Crippen LogP) is 4.64. The minimum atomic E-state index is -3.80. The molecule has 1 aromatic carbocycles.